The second kappa shape index (κ2) is 7.83. The zero-order valence-corrected chi connectivity index (χ0v) is 16.0. The molecule has 1 aromatic rings. The monoisotopic (exact) mass is 382 g/mol. The van der Waals surface area contributed by atoms with Crippen LogP contribution in [0.1, 0.15) is 5.56 Å². The summed E-state index contributed by atoms with van der Waals surface area (Å²) >= 11 is 0. The van der Waals surface area contributed by atoms with E-state index in [9.17, 15) is 16.8 Å². The van der Waals surface area contributed by atoms with Gasteiger partial charge in [-0.05, 0) is 24.1 Å². The van der Waals surface area contributed by atoms with Gasteiger partial charge >= 0.3 is 8.80 Å². The molecule has 132 valence electrons. The average Bonchev–Trinajstić information content (AvgIpc) is 2.47. The second-order valence-corrected chi connectivity index (χ2v) is 11.3. The molecule has 0 aliphatic carbocycles. The van der Waals surface area contributed by atoms with Crippen molar-refractivity contribution in [2.45, 2.75) is 17.4 Å². The molecule has 0 heterocycles. The minimum atomic E-state index is -4.22. The fourth-order valence-electron chi connectivity index (χ4n) is 1.90. The predicted molar refractivity (Wildman–Crippen MR) is 87.1 cm³/mol. The SMILES string of the molecule is CO[Si](CCc1ccc(S(=O)(=O)[N-]S(C)(=O)=O)cc1)(OC)OC. The van der Waals surface area contributed by atoms with Gasteiger partial charge in [0.15, 0.2) is 0 Å². The third-order valence-corrected chi connectivity index (χ3v) is 8.57. The summed E-state index contributed by atoms with van der Waals surface area (Å²) < 4.78 is 64.4. The summed E-state index contributed by atoms with van der Waals surface area (Å²) in [5.74, 6) is 0. The number of nitrogens with zero attached hydrogens (tertiary/aromatic N) is 1. The first-order valence-corrected chi connectivity index (χ1v) is 11.7. The molecule has 23 heavy (non-hydrogen) atoms. The van der Waals surface area contributed by atoms with Gasteiger partial charge in [0, 0.05) is 38.5 Å². The molecule has 0 saturated carbocycles. The third-order valence-electron chi connectivity index (χ3n) is 3.11. The molecule has 0 bridgehead atoms. The van der Waals surface area contributed by atoms with Crippen LogP contribution in [0.15, 0.2) is 29.2 Å². The van der Waals surface area contributed by atoms with Crippen molar-refractivity contribution >= 4 is 28.9 Å². The van der Waals surface area contributed by atoms with Crippen molar-refractivity contribution in [3.8, 4) is 0 Å². The lowest BCUT2D eigenvalue weighted by molar-refractivity contribution is 0.123. The van der Waals surface area contributed by atoms with Gasteiger partial charge in [-0.2, -0.15) is 0 Å². The summed E-state index contributed by atoms with van der Waals surface area (Å²) in [6, 6.07) is 6.33. The Labute approximate surface area is 138 Å². The van der Waals surface area contributed by atoms with Crippen LogP contribution in [0.4, 0.5) is 0 Å². The van der Waals surface area contributed by atoms with Crippen molar-refractivity contribution in [1.29, 1.82) is 0 Å². The van der Waals surface area contributed by atoms with Crippen molar-refractivity contribution in [3.05, 3.63) is 34.0 Å². The lowest BCUT2D eigenvalue weighted by Crippen LogP contribution is -2.43. The number of benzene rings is 1. The van der Waals surface area contributed by atoms with Crippen LogP contribution < -0.4 is 0 Å². The second-order valence-electron chi connectivity index (χ2n) is 4.72. The first-order chi connectivity index (χ1) is 10.6. The molecule has 0 N–H and O–H groups in total. The minimum Gasteiger partial charge on any atom is -0.432 e. The van der Waals surface area contributed by atoms with E-state index in [-0.39, 0.29) is 4.90 Å². The summed E-state index contributed by atoms with van der Waals surface area (Å²) in [7, 11) is -6.36. The van der Waals surface area contributed by atoms with E-state index in [1.165, 1.54) is 33.5 Å². The fraction of sp³-hybridized carbons (Fsp3) is 0.500. The number of aryl methyl sites for hydroxylation is 1. The molecule has 0 fully saturated rings. The highest BCUT2D eigenvalue weighted by molar-refractivity contribution is 8.11. The summed E-state index contributed by atoms with van der Waals surface area (Å²) in [6.45, 7) is 0. The summed E-state index contributed by atoms with van der Waals surface area (Å²) in [5, 5.41) is 0. The van der Waals surface area contributed by atoms with E-state index in [0.717, 1.165) is 11.8 Å². The molecule has 11 heteroatoms. The Bertz CT molecular complexity index is 704. The van der Waals surface area contributed by atoms with Crippen LogP contribution >= 0.6 is 0 Å². The van der Waals surface area contributed by atoms with Crippen LogP contribution in [0, 0.1) is 0 Å². The molecule has 0 radical (unpaired) electrons. The maximum Gasteiger partial charge on any atom is 0.500 e. The van der Waals surface area contributed by atoms with Gasteiger partial charge in [-0.1, -0.05) is 12.1 Å². The molecule has 0 aliphatic rings. The molecule has 8 nitrogen and oxygen atoms in total. The maximum absolute atomic E-state index is 11.8. The fourth-order valence-corrected chi connectivity index (χ4v) is 5.86. The van der Waals surface area contributed by atoms with Crippen LogP contribution in [-0.2, 0) is 39.7 Å². The zero-order chi connectivity index (χ0) is 17.7. The minimum absolute atomic E-state index is 0.180. The van der Waals surface area contributed by atoms with Crippen LogP contribution in [0.5, 0.6) is 0 Å². The van der Waals surface area contributed by atoms with Crippen LogP contribution in [0.2, 0.25) is 6.04 Å². The molecule has 0 spiro atoms. The van der Waals surface area contributed by atoms with Crippen molar-refractivity contribution < 1.29 is 30.1 Å². The molecule has 1 aromatic carbocycles. The molecule has 0 aromatic heterocycles. The first kappa shape index (κ1) is 20.2. The van der Waals surface area contributed by atoms with E-state index in [4.69, 9.17) is 13.3 Å². The Hall–Kier alpha value is -0.823. The molecule has 0 unspecified atom stereocenters. The van der Waals surface area contributed by atoms with Gasteiger partial charge in [0.25, 0.3) is 0 Å². The molecule has 0 amide bonds. The Balaban J connectivity index is 2.85. The van der Waals surface area contributed by atoms with E-state index in [2.05, 4.69) is 4.13 Å². The largest absolute Gasteiger partial charge is 0.500 e. The first-order valence-electron chi connectivity index (χ1n) is 6.51. The normalized spacial score (nSPS) is 13.2. The highest BCUT2D eigenvalue weighted by Gasteiger charge is 2.37. The zero-order valence-electron chi connectivity index (χ0n) is 13.3. The van der Waals surface area contributed by atoms with E-state index in [1.54, 1.807) is 12.1 Å². The summed E-state index contributed by atoms with van der Waals surface area (Å²) in [5.41, 5.74) is 0.839. The van der Waals surface area contributed by atoms with Gasteiger partial charge in [0.05, 0.1) is 10.0 Å². The van der Waals surface area contributed by atoms with Gasteiger partial charge in [-0.25, -0.2) is 16.8 Å². The van der Waals surface area contributed by atoms with Gasteiger partial charge in [0.1, 0.15) is 10.0 Å². The number of rotatable bonds is 9. The van der Waals surface area contributed by atoms with Crippen molar-refractivity contribution in [3.63, 3.8) is 0 Å². The van der Waals surface area contributed by atoms with Gasteiger partial charge in [-0.3, -0.25) is 0 Å². The molecular formula is C12H20NO7S2Si-. The van der Waals surface area contributed by atoms with E-state index in [0.29, 0.717) is 12.5 Å². The highest BCUT2D eigenvalue weighted by Crippen LogP contribution is 2.22. The number of hydrogen-bond acceptors (Lipinski definition) is 7. The average molecular weight is 383 g/mol. The molecule has 0 atom stereocenters. The quantitative estimate of drug-likeness (QED) is 0.589. The molecule has 0 saturated heterocycles. The number of hydrogen-bond donors (Lipinski definition) is 0. The molecule has 0 aliphatic heterocycles. The lowest BCUT2D eigenvalue weighted by Gasteiger charge is -2.24. The smallest absolute Gasteiger partial charge is 0.432 e. The van der Waals surface area contributed by atoms with Crippen LogP contribution in [0.3, 0.4) is 0 Å². The van der Waals surface area contributed by atoms with E-state index < -0.39 is 28.9 Å². The van der Waals surface area contributed by atoms with Crippen LogP contribution in [-0.4, -0.2) is 53.2 Å². The Morgan fingerprint density at radius 2 is 1.43 bits per heavy atom. The van der Waals surface area contributed by atoms with E-state index in [1.807, 2.05) is 0 Å². The van der Waals surface area contributed by atoms with Crippen LogP contribution in [0.25, 0.3) is 4.13 Å². The van der Waals surface area contributed by atoms with E-state index >= 15 is 0 Å². The van der Waals surface area contributed by atoms with Gasteiger partial charge < -0.3 is 17.4 Å². The van der Waals surface area contributed by atoms with Gasteiger partial charge in [-0.15, -0.1) is 0 Å². The lowest BCUT2D eigenvalue weighted by atomic mass is 10.2. The Morgan fingerprint density at radius 1 is 0.957 bits per heavy atom. The van der Waals surface area contributed by atoms with Crippen molar-refractivity contribution in [1.82, 2.24) is 0 Å². The molecular weight excluding hydrogens is 362 g/mol. The predicted octanol–water partition coefficient (Wildman–Crippen LogP) is 1.13. The topological polar surface area (TPSA) is 110 Å². The Kier molecular flexibility index (Phi) is 6.89. The summed E-state index contributed by atoms with van der Waals surface area (Å²) in [6.07, 6.45) is 1.29. The van der Waals surface area contributed by atoms with Gasteiger partial charge in [0.2, 0.25) is 0 Å². The number of sulfonamides is 2. The summed E-state index contributed by atoms with van der Waals surface area (Å²) in [4.78, 5) is -0.180. The molecule has 1 rings (SSSR count). The van der Waals surface area contributed by atoms with Crippen molar-refractivity contribution in [2.75, 3.05) is 27.6 Å². The standard InChI is InChI=1S/C12H20NO7S2Si/c1-18-23(19-2,20-3)10-9-11-5-7-12(8-6-11)22(16,17)13-21(4,14)15/h5-8H,9-10H2,1-4H3/q-1. The Morgan fingerprint density at radius 3 is 1.83 bits per heavy atom. The van der Waals surface area contributed by atoms with Crippen molar-refractivity contribution in [2.24, 2.45) is 0 Å². The third kappa shape index (κ3) is 5.95. The maximum atomic E-state index is 11.8. The highest BCUT2D eigenvalue weighted by atomic mass is 32.3.